The van der Waals surface area contributed by atoms with Crippen molar-refractivity contribution in [3.63, 3.8) is 0 Å². The normalized spacial score (nSPS) is 11.5. The molecule has 86 valence electrons. The zero-order valence-corrected chi connectivity index (χ0v) is 11.1. The lowest BCUT2D eigenvalue weighted by atomic mass is 10.1. The third kappa shape index (κ3) is 1.70. The van der Waals surface area contributed by atoms with Crippen molar-refractivity contribution in [2.24, 2.45) is 0 Å². The Morgan fingerprint density at radius 3 is 2.12 bits per heavy atom. The average Bonchev–Trinajstić information content (AvgIpc) is 2.55. The molecule has 0 spiro atoms. The van der Waals surface area contributed by atoms with Gasteiger partial charge in [-0.3, -0.25) is 0 Å². The number of halogens is 3. The zero-order chi connectivity index (χ0) is 12.2. The number of rotatable bonds is 0. The third-order valence-corrected chi connectivity index (χ3v) is 3.50. The summed E-state index contributed by atoms with van der Waals surface area (Å²) in [4.78, 5) is 0. The third-order valence-electron chi connectivity index (χ3n) is 2.69. The second kappa shape index (κ2) is 3.81. The fraction of sp³-hybridized carbons (Fsp3) is 0.0769. The number of benzene rings is 2. The van der Waals surface area contributed by atoms with Crippen molar-refractivity contribution in [1.29, 1.82) is 0 Å². The molecule has 0 bridgehead atoms. The number of hydrogen-bond acceptors (Lipinski definition) is 1. The minimum atomic E-state index is 0.550. The van der Waals surface area contributed by atoms with Crippen molar-refractivity contribution in [3.05, 3.63) is 44.9 Å². The van der Waals surface area contributed by atoms with Crippen LogP contribution >= 0.6 is 34.8 Å². The average molecular weight is 286 g/mol. The van der Waals surface area contributed by atoms with Crippen LogP contribution in [0.15, 0.2) is 28.7 Å². The van der Waals surface area contributed by atoms with E-state index in [2.05, 4.69) is 0 Å². The van der Waals surface area contributed by atoms with Gasteiger partial charge in [0.2, 0.25) is 0 Å². The molecule has 3 rings (SSSR count). The van der Waals surface area contributed by atoms with E-state index in [0.717, 1.165) is 21.9 Å². The van der Waals surface area contributed by atoms with Crippen molar-refractivity contribution in [3.8, 4) is 0 Å². The highest BCUT2D eigenvalue weighted by Gasteiger charge is 2.14. The van der Waals surface area contributed by atoms with E-state index >= 15 is 0 Å². The van der Waals surface area contributed by atoms with E-state index in [0.29, 0.717) is 20.7 Å². The molecule has 0 aliphatic heterocycles. The van der Waals surface area contributed by atoms with Crippen LogP contribution in [-0.2, 0) is 0 Å². The molecule has 0 fully saturated rings. The van der Waals surface area contributed by atoms with Crippen molar-refractivity contribution in [1.82, 2.24) is 0 Å². The Bertz CT molecular complexity index is 681. The quantitative estimate of drug-likeness (QED) is 0.504. The Morgan fingerprint density at radius 2 is 1.41 bits per heavy atom. The summed E-state index contributed by atoms with van der Waals surface area (Å²) in [5.74, 6) is 0. The van der Waals surface area contributed by atoms with Crippen LogP contribution in [0.1, 0.15) is 5.56 Å². The summed E-state index contributed by atoms with van der Waals surface area (Å²) in [5.41, 5.74) is 2.43. The van der Waals surface area contributed by atoms with Crippen molar-refractivity contribution < 1.29 is 4.42 Å². The summed E-state index contributed by atoms with van der Waals surface area (Å²) in [6, 6.07) is 7.26. The molecule has 0 saturated carbocycles. The van der Waals surface area contributed by atoms with Crippen LogP contribution in [0.3, 0.4) is 0 Å². The van der Waals surface area contributed by atoms with Gasteiger partial charge in [0.05, 0.1) is 10.0 Å². The number of fused-ring (bicyclic) bond motifs is 3. The van der Waals surface area contributed by atoms with Gasteiger partial charge in [-0.2, -0.15) is 0 Å². The van der Waals surface area contributed by atoms with Gasteiger partial charge in [-0.05, 0) is 30.7 Å². The lowest BCUT2D eigenvalue weighted by Crippen LogP contribution is -1.75. The Kier molecular flexibility index (Phi) is 2.51. The van der Waals surface area contributed by atoms with E-state index in [4.69, 9.17) is 39.2 Å². The van der Waals surface area contributed by atoms with Gasteiger partial charge in [0.1, 0.15) is 11.2 Å². The first-order chi connectivity index (χ1) is 8.06. The van der Waals surface area contributed by atoms with Crippen LogP contribution in [0.5, 0.6) is 0 Å². The molecule has 4 heteroatoms. The van der Waals surface area contributed by atoms with E-state index in [1.165, 1.54) is 0 Å². The Hall–Kier alpha value is -0.890. The Morgan fingerprint density at radius 1 is 0.824 bits per heavy atom. The van der Waals surface area contributed by atoms with Crippen LogP contribution in [0.4, 0.5) is 0 Å². The maximum atomic E-state index is 6.24. The summed E-state index contributed by atoms with van der Waals surface area (Å²) in [5, 5.41) is 3.40. The molecule has 1 nitrogen and oxygen atoms in total. The summed E-state index contributed by atoms with van der Waals surface area (Å²) in [6.45, 7) is 1.97. The van der Waals surface area contributed by atoms with E-state index in [1.807, 2.05) is 19.1 Å². The monoisotopic (exact) mass is 284 g/mol. The maximum absolute atomic E-state index is 6.24. The summed E-state index contributed by atoms with van der Waals surface area (Å²) >= 11 is 18.4. The number of furan rings is 1. The van der Waals surface area contributed by atoms with Crippen LogP contribution < -0.4 is 0 Å². The minimum absolute atomic E-state index is 0.550. The molecule has 0 radical (unpaired) electrons. The Balaban J connectivity index is 2.60. The van der Waals surface area contributed by atoms with Gasteiger partial charge in [-0.15, -0.1) is 0 Å². The standard InChI is InChI=1S/C13H7Cl3O/c1-6-2-8(15)12-10(3-6)17-11-5-7(14)4-9(16)13(11)12/h2-5H,1H3. The molecule has 0 N–H and O–H groups in total. The Labute approximate surface area is 113 Å². The second-order valence-corrected chi connectivity index (χ2v) is 5.23. The largest absolute Gasteiger partial charge is 0.456 e. The van der Waals surface area contributed by atoms with Gasteiger partial charge >= 0.3 is 0 Å². The van der Waals surface area contributed by atoms with E-state index in [-0.39, 0.29) is 0 Å². The van der Waals surface area contributed by atoms with Crippen molar-refractivity contribution >= 4 is 56.7 Å². The summed E-state index contributed by atoms with van der Waals surface area (Å²) in [6.07, 6.45) is 0. The molecule has 17 heavy (non-hydrogen) atoms. The molecular weight excluding hydrogens is 279 g/mol. The molecule has 0 amide bonds. The molecule has 2 aromatic carbocycles. The smallest absolute Gasteiger partial charge is 0.138 e. The second-order valence-electron chi connectivity index (χ2n) is 3.98. The van der Waals surface area contributed by atoms with E-state index in [1.54, 1.807) is 12.1 Å². The highest BCUT2D eigenvalue weighted by molar-refractivity contribution is 6.43. The highest BCUT2D eigenvalue weighted by atomic mass is 35.5. The molecule has 0 aliphatic carbocycles. The molecule has 0 unspecified atom stereocenters. The molecule has 0 saturated heterocycles. The summed E-state index contributed by atoms with van der Waals surface area (Å²) < 4.78 is 5.72. The van der Waals surface area contributed by atoms with Crippen LogP contribution in [0.2, 0.25) is 15.1 Å². The van der Waals surface area contributed by atoms with Crippen LogP contribution in [0, 0.1) is 6.92 Å². The fourth-order valence-corrected chi connectivity index (χ4v) is 2.95. The minimum Gasteiger partial charge on any atom is -0.456 e. The molecule has 3 aromatic rings. The first-order valence-corrected chi connectivity index (χ1v) is 6.17. The SMILES string of the molecule is Cc1cc(Cl)c2c(c1)oc1cc(Cl)cc(Cl)c12. The number of hydrogen-bond donors (Lipinski definition) is 0. The van der Waals surface area contributed by atoms with Crippen molar-refractivity contribution in [2.45, 2.75) is 6.92 Å². The first-order valence-electron chi connectivity index (χ1n) is 5.03. The fourth-order valence-electron chi connectivity index (χ4n) is 2.03. The van der Waals surface area contributed by atoms with Gasteiger partial charge in [0.15, 0.2) is 0 Å². The topological polar surface area (TPSA) is 13.1 Å². The molecule has 0 aliphatic rings. The van der Waals surface area contributed by atoms with E-state index in [9.17, 15) is 0 Å². The predicted molar refractivity (Wildman–Crippen MR) is 73.5 cm³/mol. The maximum Gasteiger partial charge on any atom is 0.138 e. The van der Waals surface area contributed by atoms with Gasteiger partial charge in [-0.1, -0.05) is 34.8 Å². The lowest BCUT2D eigenvalue weighted by molar-refractivity contribution is 0.668. The predicted octanol–water partition coefficient (Wildman–Crippen LogP) is 5.85. The van der Waals surface area contributed by atoms with Gasteiger partial charge in [0.25, 0.3) is 0 Å². The lowest BCUT2D eigenvalue weighted by Gasteiger charge is -1.98. The molecule has 0 atom stereocenters. The molecule has 1 heterocycles. The van der Waals surface area contributed by atoms with Crippen molar-refractivity contribution in [2.75, 3.05) is 0 Å². The highest BCUT2D eigenvalue weighted by Crippen LogP contribution is 2.39. The van der Waals surface area contributed by atoms with Gasteiger partial charge in [-0.25, -0.2) is 0 Å². The zero-order valence-electron chi connectivity index (χ0n) is 8.85. The van der Waals surface area contributed by atoms with Crippen LogP contribution in [-0.4, -0.2) is 0 Å². The number of aryl methyl sites for hydroxylation is 1. The van der Waals surface area contributed by atoms with Crippen LogP contribution in [0.25, 0.3) is 21.9 Å². The van der Waals surface area contributed by atoms with E-state index < -0.39 is 0 Å². The molecule has 1 aromatic heterocycles. The van der Waals surface area contributed by atoms with Gasteiger partial charge < -0.3 is 4.42 Å². The molecular formula is C13H7Cl3O. The summed E-state index contributed by atoms with van der Waals surface area (Å²) in [7, 11) is 0. The van der Waals surface area contributed by atoms with Gasteiger partial charge in [0, 0.05) is 21.9 Å². The first kappa shape index (κ1) is 11.2.